The summed E-state index contributed by atoms with van der Waals surface area (Å²) in [4.78, 5) is 23.4. The van der Waals surface area contributed by atoms with Gasteiger partial charge in [-0.1, -0.05) is 24.3 Å². The van der Waals surface area contributed by atoms with Crippen molar-refractivity contribution in [1.29, 1.82) is 0 Å². The Morgan fingerprint density at radius 1 is 1.44 bits per heavy atom. The normalized spacial score (nSPS) is 23.8. The minimum atomic E-state index is -2.01. The van der Waals surface area contributed by atoms with Crippen LogP contribution in [0.5, 0.6) is 0 Å². The third kappa shape index (κ3) is 1.42. The number of ether oxygens (including phenoxy) is 1. The zero-order valence-corrected chi connectivity index (χ0v) is 8.90. The minimum Gasteiger partial charge on any atom is -0.467 e. The molecule has 0 heterocycles. The quantitative estimate of drug-likeness (QED) is 0.559. The van der Waals surface area contributed by atoms with Gasteiger partial charge in [0, 0.05) is 5.56 Å². The molecule has 1 aromatic rings. The lowest BCUT2D eigenvalue weighted by Crippen LogP contribution is -2.50. The molecule has 0 radical (unpaired) electrons. The number of benzene rings is 1. The molecular formula is C12H12O4. The van der Waals surface area contributed by atoms with Crippen LogP contribution in [0, 0.1) is 0 Å². The van der Waals surface area contributed by atoms with E-state index in [1.807, 2.05) is 12.1 Å². The van der Waals surface area contributed by atoms with E-state index in [4.69, 9.17) is 0 Å². The fourth-order valence-electron chi connectivity index (χ4n) is 1.98. The van der Waals surface area contributed by atoms with Crippen molar-refractivity contribution >= 4 is 11.8 Å². The van der Waals surface area contributed by atoms with Gasteiger partial charge in [-0.25, -0.2) is 4.79 Å². The lowest BCUT2D eigenvalue weighted by molar-refractivity contribution is -0.157. The van der Waals surface area contributed by atoms with Crippen LogP contribution in [0.1, 0.15) is 22.3 Å². The van der Waals surface area contributed by atoms with Crippen LogP contribution < -0.4 is 0 Å². The maximum atomic E-state index is 12.0. The lowest BCUT2D eigenvalue weighted by Gasteiger charge is -2.29. The Balaban J connectivity index is 2.45. The standard InChI is InChI=1S/C12H12O4/c1-16-11(14)12(15)7-6-8-4-2-3-5-9(8)10(12)13/h2-5,15H,6-7H2,1H3/t12-/m0/s1. The molecule has 0 saturated carbocycles. The monoisotopic (exact) mass is 220 g/mol. The Labute approximate surface area is 92.8 Å². The second-order valence-corrected chi connectivity index (χ2v) is 3.84. The summed E-state index contributed by atoms with van der Waals surface area (Å²) in [6.45, 7) is 0. The highest BCUT2D eigenvalue weighted by molar-refractivity contribution is 6.16. The van der Waals surface area contributed by atoms with Crippen LogP contribution in [-0.2, 0) is 16.0 Å². The summed E-state index contributed by atoms with van der Waals surface area (Å²) in [5.41, 5.74) is -0.744. The largest absolute Gasteiger partial charge is 0.467 e. The first-order valence-corrected chi connectivity index (χ1v) is 5.03. The van der Waals surface area contributed by atoms with E-state index in [0.717, 1.165) is 12.7 Å². The maximum Gasteiger partial charge on any atom is 0.346 e. The molecule has 0 amide bonds. The molecule has 0 spiro atoms. The second kappa shape index (κ2) is 3.72. The van der Waals surface area contributed by atoms with Crippen LogP contribution in [-0.4, -0.2) is 29.6 Å². The van der Waals surface area contributed by atoms with Gasteiger partial charge in [-0.2, -0.15) is 0 Å². The van der Waals surface area contributed by atoms with E-state index in [-0.39, 0.29) is 6.42 Å². The van der Waals surface area contributed by atoms with Crippen molar-refractivity contribution in [1.82, 2.24) is 0 Å². The maximum absolute atomic E-state index is 12.0. The van der Waals surface area contributed by atoms with Crippen molar-refractivity contribution in [2.75, 3.05) is 7.11 Å². The first-order valence-electron chi connectivity index (χ1n) is 5.03. The molecule has 0 bridgehead atoms. The van der Waals surface area contributed by atoms with E-state index in [1.54, 1.807) is 12.1 Å². The average Bonchev–Trinajstić information content (AvgIpc) is 2.33. The summed E-state index contributed by atoms with van der Waals surface area (Å²) in [6.07, 6.45) is 0.572. The van der Waals surface area contributed by atoms with E-state index in [0.29, 0.717) is 12.0 Å². The molecule has 0 fully saturated rings. The molecule has 4 heteroatoms. The Hall–Kier alpha value is -1.68. The third-order valence-corrected chi connectivity index (χ3v) is 2.92. The zero-order valence-electron chi connectivity index (χ0n) is 8.90. The number of carbonyl (C=O) groups excluding carboxylic acids is 2. The number of hydrogen-bond donors (Lipinski definition) is 1. The summed E-state index contributed by atoms with van der Waals surface area (Å²) in [5, 5.41) is 10.0. The van der Waals surface area contributed by atoms with E-state index in [9.17, 15) is 14.7 Å². The molecule has 16 heavy (non-hydrogen) atoms. The van der Waals surface area contributed by atoms with Gasteiger partial charge < -0.3 is 9.84 Å². The van der Waals surface area contributed by atoms with Gasteiger partial charge in [0.15, 0.2) is 0 Å². The molecule has 2 rings (SSSR count). The highest BCUT2D eigenvalue weighted by Gasteiger charge is 2.48. The summed E-state index contributed by atoms with van der Waals surface area (Å²) >= 11 is 0. The van der Waals surface area contributed by atoms with Crippen molar-refractivity contribution in [2.45, 2.75) is 18.4 Å². The molecule has 0 unspecified atom stereocenters. The highest BCUT2D eigenvalue weighted by Crippen LogP contribution is 2.29. The summed E-state index contributed by atoms with van der Waals surface area (Å²) in [5.74, 6) is -1.45. The van der Waals surface area contributed by atoms with Crippen molar-refractivity contribution in [3.63, 3.8) is 0 Å². The molecular weight excluding hydrogens is 208 g/mol. The number of aliphatic hydroxyl groups is 1. The van der Waals surface area contributed by atoms with Crippen LogP contribution >= 0.6 is 0 Å². The third-order valence-electron chi connectivity index (χ3n) is 2.92. The van der Waals surface area contributed by atoms with E-state index in [2.05, 4.69) is 4.74 Å². The lowest BCUT2D eigenvalue weighted by atomic mass is 9.79. The molecule has 0 aliphatic heterocycles. The van der Waals surface area contributed by atoms with Gasteiger partial charge in [-0.05, 0) is 18.4 Å². The molecule has 1 N–H and O–H groups in total. The first-order chi connectivity index (χ1) is 7.59. The number of ketones is 1. The minimum absolute atomic E-state index is 0.0789. The predicted molar refractivity (Wildman–Crippen MR) is 56.1 cm³/mol. The number of Topliss-reactive ketones (excluding diaryl/α,β-unsaturated/α-hetero) is 1. The molecule has 1 aromatic carbocycles. The Morgan fingerprint density at radius 2 is 2.12 bits per heavy atom. The summed E-state index contributed by atoms with van der Waals surface area (Å²) in [7, 11) is 1.16. The number of carbonyl (C=O) groups is 2. The predicted octanol–water partition coefficient (Wildman–Crippen LogP) is 0.720. The Kier molecular flexibility index (Phi) is 2.52. The van der Waals surface area contributed by atoms with E-state index in [1.165, 1.54) is 0 Å². The SMILES string of the molecule is COC(=O)[C@]1(O)CCc2ccccc2C1=O. The van der Waals surface area contributed by atoms with Crippen molar-refractivity contribution in [3.05, 3.63) is 35.4 Å². The van der Waals surface area contributed by atoms with Gasteiger partial charge in [0.2, 0.25) is 11.4 Å². The number of methoxy groups -OCH3 is 1. The smallest absolute Gasteiger partial charge is 0.346 e. The van der Waals surface area contributed by atoms with Crippen LogP contribution in [0.3, 0.4) is 0 Å². The molecule has 1 aliphatic carbocycles. The zero-order chi connectivity index (χ0) is 11.8. The molecule has 1 aliphatic rings. The number of fused-ring (bicyclic) bond motifs is 1. The Morgan fingerprint density at radius 3 is 2.81 bits per heavy atom. The van der Waals surface area contributed by atoms with Crippen LogP contribution in [0.15, 0.2) is 24.3 Å². The van der Waals surface area contributed by atoms with E-state index >= 15 is 0 Å². The van der Waals surface area contributed by atoms with Gasteiger partial charge >= 0.3 is 5.97 Å². The highest BCUT2D eigenvalue weighted by atomic mass is 16.5. The number of hydrogen-bond acceptors (Lipinski definition) is 4. The van der Waals surface area contributed by atoms with Gasteiger partial charge in [-0.3, -0.25) is 4.79 Å². The van der Waals surface area contributed by atoms with Gasteiger partial charge in [0.25, 0.3) is 0 Å². The van der Waals surface area contributed by atoms with Gasteiger partial charge in [0.05, 0.1) is 7.11 Å². The number of esters is 1. The summed E-state index contributed by atoms with van der Waals surface area (Å²) < 4.78 is 4.47. The second-order valence-electron chi connectivity index (χ2n) is 3.84. The molecule has 0 saturated heterocycles. The number of aryl methyl sites for hydroxylation is 1. The number of rotatable bonds is 1. The van der Waals surface area contributed by atoms with Crippen molar-refractivity contribution in [2.24, 2.45) is 0 Å². The first kappa shape index (κ1) is 10.8. The fourth-order valence-corrected chi connectivity index (χ4v) is 1.98. The van der Waals surface area contributed by atoms with Crippen molar-refractivity contribution in [3.8, 4) is 0 Å². The van der Waals surface area contributed by atoms with E-state index < -0.39 is 17.4 Å². The van der Waals surface area contributed by atoms with Gasteiger partial charge in [-0.15, -0.1) is 0 Å². The van der Waals surface area contributed by atoms with Crippen LogP contribution in [0.25, 0.3) is 0 Å². The average molecular weight is 220 g/mol. The van der Waals surface area contributed by atoms with Gasteiger partial charge in [0.1, 0.15) is 0 Å². The fraction of sp³-hybridized carbons (Fsp3) is 0.333. The molecule has 1 atom stereocenters. The summed E-state index contributed by atoms with van der Waals surface area (Å²) in [6, 6.07) is 6.98. The molecule has 0 aromatic heterocycles. The van der Waals surface area contributed by atoms with Crippen LogP contribution in [0.2, 0.25) is 0 Å². The molecule has 84 valence electrons. The van der Waals surface area contributed by atoms with Crippen LogP contribution in [0.4, 0.5) is 0 Å². The molecule has 4 nitrogen and oxygen atoms in total. The van der Waals surface area contributed by atoms with Crippen molar-refractivity contribution < 1.29 is 19.4 Å². The topological polar surface area (TPSA) is 63.6 Å². The Bertz CT molecular complexity index is 452.